The molecule has 33 heavy (non-hydrogen) atoms. The largest absolute Gasteiger partial charge is 0.493 e. The summed E-state index contributed by atoms with van der Waals surface area (Å²) in [5, 5.41) is 5.82. The summed E-state index contributed by atoms with van der Waals surface area (Å²) in [4.78, 5) is 31.3. The van der Waals surface area contributed by atoms with E-state index in [9.17, 15) is 9.59 Å². The molecular weight excluding hydrogens is 485 g/mol. The van der Waals surface area contributed by atoms with Crippen LogP contribution in [0.4, 0.5) is 5.69 Å². The maximum absolute atomic E-state index is 13.4. The molecule has 7 nitrogen and oxygen atoms in total. The molecule has 1 atom stereocenters. The van der Waals surface area contributed by atoms with Gasteiger partial charge in [-0.2, -0.15) is 0 Å². The Morgan fingerprint density at radius 1 is 1.09 bits per heavy atom. The van der Waals surface area contributed by atoms with Gasteiger partial charge in [0.2, 0.25) is 5.91 Å². The number of ether oxygens (including phenoxy) is 2. The summed E-state index contributed by atoms with van der Waals surface area (Å²) in [5.41, 5.74) is 1.60. The zero-order valence-electron chi connectivity index (χ0n) is 17.9. The Bertz CT molecular complexity index is 1400. The van der Waals surface area contributed by atoms with E-state index in [1.165, 1.54) is 22.2 Å². The number of hydrogen-bond donors (Lipinski definition) is 1. The Balaban J connectivity index is 1.72. The standard InChI is InChI=1S/C23H19Cl2N3O4S/c1-12(21(29)27-16-8-14(24)7-15(25)9-16)28-11-26-22-20(23(28)30)17(10-33-22)13-4-5-18(31-2)19(6-13)32-3/h4-12H,1-3H3,(H,27,29). The lowest BCUT2D eigenvalue weighted by atomic mass is 10.1. The van der Waals surface area contributed by atoms with Crippen LogP contribution in [0.2, 0.25) is 10.0 Å². The molecule has 170 valence electrons. The molecule has 1 amide bonds. The van der Waals surface area contributed by atoms with Gasteiger partial charge in [-0.1, -0.05) is 29.3 Å². The highest BCUT2D eigenvalue weighted by Crippen LogP contribution is 2.36. The number of carbonyl (C=O) groups excluding carboxylic acids is 1. The number of nitrogens with one attached hydrogen (secondary N) is 1. The van der Waals surface area contributed by atoms with Crippen molar-refractivity contribution in [2.75, 3.05) is 19.5 Å². The molecule has 0 radical (unpaired) electrons. The molecule has 1 unspecified atom stereocenters. The monoisotopic (exact) mass is 503 g/mol. The summed E-state index contributed by atoms with van der Waals surface area (Å²) >= 11 is 13.4. The van der Waals surface area contributed by atoms with E-state index in [4.69, 9.17) is 32.7 Å². The summed E-state index contributed by atoms with van der Waals surface area (Å²) < 4.78 is 12.0. The second-order valence-electron chi connectivity index (χ2n) is 7.18. The fourth-order valence-corrected chi connectivity index (χ4v) is 4.87. The predicted molar refractivity (Wildman–Crippen MR) is 132 cm³/mol. The van der Waals surface area contributed by atoms with Gasteiger partial charge in [0.15, 0.2) is 11.5 Å². The van der Waals surface area contributed by atoms with Crippen LogP contribution in [0, 0.1) is 0 Å². The average molecular weight is 504 g/mol. The minimum Gasteiger partial charge on any atom is -0.493 e. The molecule has 2 aromatic heterocycles. The first-order valence-electron chi connectivity index (χ1n) is 9.80. The van der Waals surface area contributed by atoms with Crippen LogP contribution in [-0.2, 0) is 4.79 Å². The van der Waals surface area contributed by atoms with E-state index in [1.54, 1.807) is 51.5 Å². The zero-order valence-corrected chi connectivity index (χ0v) is 20.2. The summed E-state index contributed by atoms with van der Waals surface area (Å²) in [7, 11) is 3.11. The number of fused-ring (bicyclic) bond motifs is 1. The lowest BCUT2D eigenvalue weighted by Gasteiger charge is -2.15. The van der Waals surface area contributed by atoms with Crippen molar-refractivity contribution in [3.05, 3.63) is 68.5 Å². The van der Waals surface area contributed by atoms with Gasteiger partial charge in [-0.05, 0) is 42.8 Å². The number of aromatic nitrogens is 2. The molecule has 4 aromatic rings. The Morgan fingerprint density at radius 3 is 2.45 bits per heavy atom. The van der Waals surface area contributed by atoms with Crippen molar-refractivity contribution < 1.29 is 14.3 Å². The number of anilines is 1. The van der Waals surface area contributed by atoms with Crippen molar-refractivity contribution in [1.29, 1.82) is 0 Å². The molecule has 0 aliphatic rings. The molecule has 0 aliphatic heterocycles. The number of rotatable bonds is 6. The maximum Gasteiger partial charge on any atom is 0.263 e. The van der Waals surface area contributed by atoms with Crippen LogP contribution in [0.15, 0.2) is 52.9 Å². The number of thiophene rings is 1. The van der Waals surface area contributed by atoms with E-state index in [0.29, 0.717) is 43.0 Å². The molecule has 2 aromatic carbocycles. The molecule has 2 heterocycles. The Kier molecular flexibility index (Phi) is 6.60. The number of halogens is 2. The molecule has 0 fully saturated rings. The van der Waals surface area contributed by atoms with Gasteiger partial charge in [0.1, 0.15) is 10.9 Å². The average Bonchev–Trinajstić information content (AvgIpc) is 3.22. The van der Waals surface area contributed by atoms with E-state index >= 15 is 0 Å². The third kappa shape index (κ3) is 4.55. The molecule has 1 N–H and O–H groups in total. The molecular formula is C23H19Cl2N3O4S. The number of benzene rings is 2. The lowest BCUT2D eigenvalue weighted by molar-refractivity contribution is -0.118. The van der Waals surface area contributed by atoms with E-state index in [-0.39, 0.29) is 5.56 Å². The SMILES string of the molecule is COc1ccc(-c2csc3ncn(C(C)C(=O)Nc4cc(Cl)cc(Cl)c4)c(=O)c23)cc1OC. The molecule has 0 spiro atoms. The van der Waals surface area contributed by atoms with E-state index in [1.807, 2.05) is 11.4 Å². The molecule has 4 rings (SSSR count). The number of nitrogens with zero attached hydrogens (tertiary/aromatic N) is 2. The molecule has 0 bridgehead atoms. The predicted octanol–water partition coefficient (Wildman–Crippen LogP) is 5.65. The second-order valence-corrected chi connectivity index (χ2v) is 8.91. The van der Waals surface area contributed by atoms with Gasteiger partial charge in [0, 0.05) is 26.7 Å². The van der Waals surface area contributed by atoms with Crippen LogP contribution in [0.1, 0.15) is 13.0 Å². The molecule has 0 aliphatic carbocycles. The molecule has 0 saturated heterocycles. The lowest BCUT2D eigenvalue weighted by Crippen LogP contribution is -2.31. The van der Waals surface area contributed by atoms with Crippen molar-refractivity contribution in [3.63, 3.8) is 0 Å². The Labute approximate surface area is 203 Å². The fourth-order valence-electron chi connectivity index (χ4n) is 3.44. The summed E-state index contributed by atoms with van der Waals surface area (Å²) in [6, 6.07) is 9.32. The van der Waals surface area contributed by atoms with Crippen LogP contribution in [0.25, 0.3) is 21.3 Å². The Morgan fingerprint density at radius 2 is 1.79 bits per heavy atom. The first-order chi connectivity index (χ1) is 15.8. The smallest absolute Gasteiger partial charge is 0.263 e. The normalized spacial score (nSPS) is 11.9. The fraction of sp³-hybridized carbons (Fsp3) is 0.174. The topological polar surface area (TPSA) is 82.5 Å². The van der Waals surface area contributed by atoms with Gasteiger partial charge in [-0.25, -0.2) is 4.98 Å². The van der Waals surface area contributed by atoms with Gasteiger partial charge >= 0.3 is 0 Å². The third-order valence-corrected chi connectivity index (χ3v) is 6.46. The third-order valence-electron chi connectivity index (χ3n) is 5.14. The first kappa shape index (κ1) is 23.1. The minimum absolute atomic E-state index is 0.321. The first-order valence-corrected chi connectivity index (χ1v) is 11.4. The van der Waals surface area contributed by atoms with Gasteiger partial charge < -0.3 is 14.8 Å². The molecule has 10 heteroatoms. The maximum atomic E-state index is 13.4. The zero-order chi connectivity index (χ0) is 23.7. The second kappa shape index (κ2) is 9.43. The van der Waals surface area contributed by atoms with Crippen LogP contribution in [-0.4, -0.2) is 29.7 Å². The number of methoxy groups -OCH3 is 2. The summed E-state index contributed by atoms with van der Waals surface area (Å²) in [6.07, 6.45) is 1.38. The van der Waals surface area contributed by atoms with Gasteiger partial charge in [0.25, 0.3) is 5.56 Å². The van der Waals surface area contributed by atoms with Crippen LogP contribution >= 0.6 is 34.5 Å². The summed E-state index contributed by atoms with van der Waals surface area (Å²) in [6.45, 7) is 1.62. The van der Waals surface area contributed by atoms with Crippen LogP contribution in [0.3, 0.4) is 0 Å². The van der Waals surface area contributed by atoms with E-state index < -0.39 is 11.9 Å². The minimum atomic E-state index is -0.828. The van der Waals surface area contributed by atoms with Gasteiger partial charge in [0.05, 0.1) is 25.9 Å². The number of carbonyl (C=O) groups is 1. The highest BCUT2D eigenvalue weighted by atomic mass is 35.5. The van der Waals surface area contributed by atoms with E-state index in [2.05, 4.69) is 10.3 Å². The highest BCUT2D eigenvalue weighted by Gasteiger charge is 2.21. The number of hydrogen-bond acceptors (Lipinski definition) is 6. The van der Waals surface area contributed by atoms with Crippen molar-refractivity contribution in [2.45, 2.75) is 13.0 Å². The number of amides is 1. The van der Waals surface area contributed by atoms with Crippen molar-refractivity contribution >= 4 is 56.3 Å². The van der Waals surface area contributed by atoms with Gasteiger partial charge in [-0.15, -0.1) is 11.3 Å². The molecule has 0 saturated carbocycles. The summed E-state index contributed by atoms with van der Waals surface area (Å²) in [5.74, 6) is 0.730. The van der Waals surface area contributed by atoms with E-state index in [0.717, 1.165) is 5.56 Å². The van der Waals surface area contributed by atoms with Crippen LogP contribution in [0.5, 0.6) is 11.5 Å². The Hall–Kier alpha value is -3.07. The van der Waals surface area contributed by atoms with Crippen LogP contribution < -0.4 is 20.3 Å². The quantitative estimate of drug-likeness (QED) is 0.367. The van der Waals surface area contributed by atoms with Crippen molar-refractivity contribution in [3.8, 4) is 22.6 Å². The van der Waals surface area contributed by atoms with Gasteiger partial charge in [-0.3, -0.25) is 14.2 Å². The van der Waals surface area contributed by atoms with Crippen molar-refractivity contribution in [1.82, 2.24) is 9.55 Å². The highest BCUT2D eigenvalue weighted by molar-refractivity contribution is 7.17. The van der Waals surface area contributed by atoms with Crippen molar-refractivity contribution in [2.24, 2.45) is 0 Å².